The van der Waals surface area contributed by atoms with Crippen LogP contribution in [0.25, 0.3) is 11.1 Å². The molecule has 7 nitrogen and oxygen atoms in total. The highest BCUT2D eigenvalue weighted by atomic mass is 16.5. The van der Waals surface area contributed by atoms with Crippen LogP contribution in [0.4, 0.5) is 5.69 Å². The first-order valence-electron chi connectivity index (χ1n) is 12.0. The van der Waals surface area contributed by atoms with Crippen LogP contribution in [0.3, 0.4) is 0 Å². The van der Waals surface area contributed by atoms with Gasteiger partial charge in [0.2, 0.25) is 17.7 Å². The van der Waals surface area contributed by atoms with Gasteiger partial charge in [-0.3, -0.25) is 9.59 Å². The summed E-state index contributed by atoms with van der Waals surface area (Å²) in [6.45, 7) is 1.52. The van der Waals surface area contributed by atoms with Crippen LogP contribution >= 0.6 is 0 Å². The molecule has 1 saturated carbocycles. The third-order valence-corrected chi connectivity index (χ3v) is 6.55. The average molecular weight is 461 g/mol. The number of anilines is 1. The molecule has 1 aromatic heterocycles. The zero-order valence-electron chi connectivity index (χ0n) is 19.9. The zero-order chi connectivity index (χ0) is 24.0. The molecule has 1 N–H and O–H groups in total. The van der Waals surface area contributed by atoms with Gasteiger partial charge in [-0.25, -0.2) is 0 Å². The Bertz CT molecular complexity index is 1120. The van der Waals surface area contributed by atoms with Gasteiger partial charge < -0.3 is 14.7 Å². The number of aryl methyl sites for hydroxylation is 1. The van der Waals surface area contributed by atoms with Crippen LogP contribution in [0.2, 0.25) is 0 Å². The molecule has 2 aromatic carbocycles. The number of nitrogens with zero attached hydrogens (tertiary/aromatic N) is 3. The van der Waals surface area contributed by atoms with Crippen molar-refractivity contribution < 1.29 is 14.1 Å². The molecule has 0 atom stereocenters. The predicted octanol–water partition coefficient (Wildman–Crippen LogP) is 5.02. The molecule has 0 radical (unpaired) electrons. The van der Waals surface area contributed by atoms with Gasteiger partial charge in [0.1, 0.15) is 5.54 Å². The first-order chi connectivity index (χ1) is 16.5. The van der Waals surface area contributed by atoms with Gasteiger partial charge in [0.05, 0.1) is 5.69 Å². The molecule has 34 heavy (non-hydrogen) atoms. The highest BCUT2D eigenvalue weighted by molar-refractivity contribution is 5.97. The molecule has 3 aromatic rings. The van der Waals surface area contributed by atoms with E-state index in [0.29, 0.717) is 18.1 Å². The van der Waals surface area contributed by atoms with Crippen molar-refractivity contribution in [3.8, 4) is 11.1 Å². The van der Waals surface area contributed by atoms with Crippen LogP contribution in [-0.2, 0) is 21.5 Å². The van der Waals surface area contributed by atoms with E-state index in [1.54, 1.807) is 11.9 Å². The number of hydrogen-bond donors (Lipinski definition) is 1. The molecule has 4 rings (SSSR count). The third kappa shape index (κ3) is 5.35. The zero-order valence-corrected chi connectivity index (χ0v) is 19.9. The van der Waals surface area contributed by atoms with Crippen LogP contribution in [0.1, 0.15) is 63.6 Å². The molecule has 7 heteroatoms. The third-order valence-electron chi connectivity index (χ3n) is 6.55. The van der Waals surface area contributed by atoms with Crippen LogP contribution in [0, 0.1) is 0 Å². The van der Waals surface area contributed by atoms with E-state index in [1.165, 1.54) is 6.92 Å². The number of carbonyl (C=O) groups is 2. The topological polar surface area (TPSA) is 88.3 Å². The number of aromatic nitrogens is 2. The van der Waals surface area contributed by atoms with E-state index in [-0.39, 0.29) is 18.2 Å². The number of benzene rings is 2. The van der Waals surface area contributed by atoms with E-state index in [9.17, 15) is 9.59 Å². The molecule has 1 heterocycles. The van der Waals surface area contributed by atoms with Gasteiger partial charge in [-0.1, -0.05) is 79.4 Å². The highest BCUT2D eigenvalue weighted by Gasteiger charge is 2.38. The van der Waals surface area contributed by atoms with Gasteiger partial charge in [-0.15, -0.1) is 0 Å². The van der Waals surface area contributed by atoms with Crippen LogP contribution in [0.15, 0.2) is 59.1 Å². The Hall–Kier alpha value is -3.48. The second-order valence-corrected chi connectivity index (χ2v) is 9.03. The lowest BCUT2D eigenvalue weighted by molar-refractivity contribution is -0.121. The lowest BCUT2D eigenvalue weighted by Crippen LogP contribution is -2.45. The molecule has 1 aliphatic rings. The second kappa shape index (κ2) is 10.6. The number of para-hydroxylation sites is 1. The lowest BCUT2D eigenvalue weighted by Gasteiger charge is -2.30. The van der Waals surface area contributed by atoms with Gasteiger partial charge in [0.15, 0.2) is 5.82 Å². The van der Waals surface area contributed by atoms with E-state index in [1.807, 2.05) is 54.6 Å². The van der Waals surface area contributed by atoms with Crippen molar-refractivity contribution in [2.45, 2.75) is 63.8 Å². The molecule has 1 aliphatic carbocycles. The van der Waals surface area contributed by atoms with Gasteiger partial charge in [-0.05, 0) is 24.5 Å². The highest BCUT2D eigenvalue weighted by Crippen LogP contribution is 2.35. The summed E-state index contributed by atoms with van der Waals surface area (Å²) >= 11 is 0. The Morgan fingerprint density at radius 1 is 1.00 bits per heavy atom. The molecule has 0 bridgehead atoms. The molecular weight excluding hydrogens is 428 g/mol. The van der Waals surface area contributed by atoms with Gasteiger partial charge in [-0.2, -0.15) is 4.98 Å². The van der Waals surface area contributed by atoms with E-state index in [2.05, 4.69) is 15.5 Å². The van der Waals surface area contributed by atoms with Gasteiger partial charge in [0.25, 0.3) is 0 Å². The Labute approximate surface area is 200 Å². The summed E-state index contributed by atoms with van der Waals surface area (Å²) in [5, 5.41) is 7.31. The summed E-state index contributed by atoms with van der Waals surface area (Å²) in [5.74, 6) is 0.813. The van der Waals surface area contributed by atoms with Crippen molar-refractivity contribution in [3.63, 3.8) is 0 Å². The van der Waals surface area contributed by atoms with Crippen molar-refractivity contribution in [3.05, 3.63) is 66.3 Å². The molecule has 0 aliphatic heterocycles. The maximum absolute atomic E-state index is 13.0. The van der Waals surface area contributed by atoms with Crippen molar-refractivity contribution >= 4 is 17.5 Å². The normalized spacial score (nSPS) is 15.4. The van der Waals surface area contributed by atoms with E-state index in [4.69, 9.17) is 4.52 Å². The largest absolute Gasteiger partial charge is 0.343 e. The summed E-state index contributed by atoms with van der Waals surface area (Å²) < 4.78 is 5.51. The molecule has 0 spiro atoms. The number of nitrogens with one attached hydrogen (secondary N) is 1. The number of hydrogen-bond acceptors (Lipinski definition) is 5. The first kappa shape index (κ1) is 23.7. The number of amides is 2. The van der Waals surface area contributed by atoms with E-state index in [0.717, 1.165) is 55.3 Å². The fourth-order valence-electron chi connectivity index (χ4n) is 4.77. The molecule has 0 unspecified atom stereocenters. The fourth-order valence-corrected chi connectivity index (χ4v) is 4.77. The summed E-state index contributed by atoms with van der Waals surface area (Å²) in [6, 6.07) is 17.9. The summed E-state index contributed by atoms with van der Waals surface area (Å²) in [7, 11) is 1.79. The van der Waals surface area contributed by atoms with Crippen LogP contribution in [-0.4, -0.2) is 29.0 Å². The molecule has 1 fully saturated rings. The average Bonchev–Trinajstić information content (AvgIpc) is 3.22. The van der Waals surface area contributed by atoms with Gasteiger partial charge in [0, 0.05) is 32.4 Å². The quantitative estimate of drug-likeness (QED) is 0.500. The Morgan fingerprint density at radius 3 is 2.38 bits per heavy atom. The fraction of sp³-hybridized carbons (Fsp3) is 0.407. The maximum atomic E-state index is 13.0. The standard InChI is InChI=1S/C27H32N4O3/c1-20(32)29-27(18-10-3-4-11-19-27)26-28-24(34-30-26)16-17-25(33)31(2)23-15-9-8-14-22(23)21-12-6-5-7-13-21/h5-9,12-15H,3-4,10-11,16-19H2,1-2H3,(H,29,32). The maximum Gasteiger partial charge on any atom is 0.227 e. The SMILES string of the molecule is CC(=O)NC1(c2noc(CCC(=O)N(C)c3ccccc3-c3ccccc3)n2)CCCCCC1. The lowest BCUT2D eigenvalue weighted by atomic mass is 9.89. The summed E-state index contributed by atoms with van der Waals surface area (Å²) in [5.41, 5.74) is 2.34. The Kier molecular flexibility index (Phi) is 7.40. The summed E-state index contributed by atoms with van der Waals surface area (Å²) in [4.78, 5) is 31.2. The Morgan fingerprint density at radius 2 is 1.68 bits per heavy atom. The van der Waals surface area contributed by atoms with Gasteiger partial charge >= 0.3 is 0 Å². The van der Waals surface area contributed by atoms with Crippen molar-refractivity contribution in [1.29, 1.82) is 0 Å². The molecule has 0 saturated heterocycles. The molecule has 178 valence electrons. The summed E-state index contributed by atoms with van der Waals surface area (Å²) in [6.07, 6.45) is 6.47. The minimum Gasteiger partial charge on any atom is -0.343 e. The smallest absolute Gasteiger partial charge is 0.227 e. The predicted molar refractivity (Wildman–Crippen MR) is 131 cm³/mol. The van der Waals surface area contributed by atoms with E-state index >= 15 is 0 Å². The monoisotopic (exact) mass is 460 g/mol. The minimum absolute atomic E-state index is 0.0332. The Balaban J connectivity index is 1.46. The minimum atomic E-state index is -0.584. The van der Waals surface area contributed by atoms with Crippen molar-refractivity contribution in [2.24, 2.45) is 0 Å². The van der Waals surface area contributed by atoms with Crippen LogP contribution < -0.4 is 10.2 Å². The van der Waals surface area contributed by atoms with Crippen molar-refractivity contribution in [1.82, 2.24) is 15.5 Å². The number of carbonyl (C=O) groups excluding carboxylic acids is 2. The van der Waals surface area contributed by atoms with E-state index < -0.39 is 5.54 Å². The number of rotatable bonds is 7. The van der Waals surface area contributed by atoms with Crippen molar-refractivity contribution in [2.75, 3.05) is 11.9 Å². The molecular formula is C27H32N4O3. The molecule has 2 amide bonds. The first-order valence-corrected chi connectivity index (χ1v) is 12.0. The van der Waals surface area contributed by atoms with Crippen LogP contribution in [0.5, 0.6) is 0 Å². The second-order valence-electron chi connectivity index (χ2n) is 9.03.